The fraction of sp³-hybridized carbons (Fsp3) is 0.333. The van der Waals surface area contributed by atoms with E-state index in [4.69, 9.17) is 5.73 Å². The molecule has 0 fully saturated rings. The number of benzene rings is 1. The highest BCUT2D eigenvalue weighted by molar-refractivity contribution is 5.82. The molecule has 1 amide bonds. The summed E-state index contributed by atoms with van der Waals surface area (Å²) in [5.41, 5.74) is 6.84. The van der Waals surface area contributed by atoms with Crippen molar-refractivity contribution in [3.8, 4) is 0 Å². The first kappa shape index (κ1) is 13.3. The molecule has 0 radical (unpaired) electrons. The van der Waals surface area contributed by atoms with Crippen LogP contribution in [-0.4, -0.2) is 16.4 Å². The zero-order valence-electron chi connectivity index (χ0n) is 11.5. The summed E-state index contributed by atoms with van der Waals surface area (Å²) in [6.45, 7) is 5.88. The van der Waals surface area contributed by atoms with Crippen molar-refractivity contribution in [2.45, 2.75) is 32.7 Å². The molecule has 0 unspecified atom stereocenters. The van der Waals surface area contributed by atoms with Gasteiger partial charge in [-0.2, -0.15) is 0 Å². The van der Waals surface area contributed by atoms with Gasteiger partial charge in [0.25, 0.3) is 0 Å². The van der Waals surface area contributed by atoms with Gasteiger partial charge < -0.3 is 11.1 Å². The van der Waals surface area contributed by atoms with Crippen LogP contribution in [0, 0.1) is 6.92 Å². The number of hydrogen-bond donors (Lipinski definition) is 2. The van der Waals surface area contributed by atoms with Gasteiger partial charge in [-0.25, -0.2) is 4.98 Å². The lowest BCUT2D eigenvalue weighted by molar-refractivity contribution is -0.118. The molecular weight excluding hydrogens is 238 g/mol. The Kier molecular flexibility index (Phi) is 3.42. The maximum atomic E-state index is 11.1. The summed E-state index contributed by atoms with van der Waals surface area (Å²) in [6.07, 6.45) is 0.265. The highest BCUT2D eigenvalue weighted by Crippen LogP contribution is 2.23. The quantitative estimate of drug-likeness (QED) is 0.884. The van der Waals surface area contributed by atoms with Crippen LogP contribution in [0.15, 0.2) is 30.3 Å². The lowest BCUT2D eigenvalue weighted by Gasteiger charge is -2.26. The number of rotatable bonds is 4. The molecule has 1 aromatic heterocycles. The van der Waals surface area contributed by atoms with Gasteiger partial charge in [-0.05, 0) is 38.5 Å². The molecule has 4 heteroatoms. The maximum Gasteiger partial charge on any atom is 0.219 e. The van der Waals surface area contributed by atoms with Gasteiger partial charge in [0.15, 0.2) is 0 Å². The average molecular weight is 257 g/mol. The number of primary amides is 1. The van der Waals surface area contributed by atoms with E-state index in [1.165, 1.54) is 0 Å². The lowest BCUT2D eigenvalue weighted by atomic mass is 10.00. The largest absolute Gasteiger partial charge is 0.370 e. The van der Waals surface area contributed by atoms with Crippen molar-refractivity contribution in [1.29, 1.82) is 0 Å². The molecule has 19 heavy (non-hydrogen) atoms. The molecule has 1 aromatic carbocycles. The molecule has 0 atom stereocenters. The van der Waals surface area contributed by atoms with E-state index >= 15 is 0 Å². The molecule has 3 N–H and O–H groups in total. The fourth-order valence-electron chi connectivity index (χ4n) is 2.15. The first-order valence-corrected chi connectivity index (χ1v) is 6.30. The Morgan fingerprint density at radius 1 is 1.37 bits per heavy atom. The van der Waals surface area contributed by atoms with Crippen molar-refractivity contribution in [3.63, 3.8) is 0 Å². The topological polar surface area (TPSA) is 68.0 Å². The Balaban J connectivity index is 2.34. The lowest BCUT2D eigenvalue weighted by Crippen LogP contribution is -2.36. The number of carbonyl (C=O) groups is 1. The molecule has 0 aliphatic carbocycles. The monoisotopic (exact) mass is 257 g/mol. The third kappa shape index (κ3) is 3.22. The molecule has 0 aliphatic heterocycles. The van der Waals surface area contributed by atoms with Crippen LogP contribution in [0.4, 0.5) is 5.82 Å². The number of pyridine rings is 1. The molecule has 0 saturated heterocycles. The summed E-state index contributed by atoms with van der Waals surface area (Å²) in [4.78, 5) is 15.7. The zero-order valence-corrected chi connectivity index (χ0v) is 11.5. The van der Waals surface area contributed by atoms with E-state index in [2.05, 4.69) is 16.4 Å². The number of fused-ring (bicyclic) bond motifs is 1. The van der Waals surface area contributed by atoms with Gasteiger partial charge in [-0.1, -0.05) is 18.2 Å². The summed E-state index contributed by atoms with van der Waals surface area (Å²) in [6, 6.07) is 10.1. The summed E-state index contributed by atoms with van der Waals surface area (Å²) in [7, 11) is 0. The first-order valence-electron chi connectivity index (χ1n) is 6.30. The van der Waals surface area contributed by atoms with Gasteiger partial charge in [-0.15, -0.1) is 0 Å². The minimum Gasteiger partial charge on any atom is -0.370 e. The molecule has 0 bridgehead atoms. The van der Waals surface area contributed by atoms with Crippen molar-refractivity contribution in [3.05, 3.63) is 35.9 Å². The van der Waals surface area contributed by atoms with Gasteiger partial charge in [0.05, 0.1) is 5.52 Å². The summed E-state index contributed by atoms with van der Waals surface area (Å²) in [5.74, 6) is 0.473. The Hall–Kier alpha value is -2.10. The van der Waals surface area contributed by atoms with Crippen LogP contribution in [0.1, 0.15) is 25.8 Å². The summed E-state index contributed by atoms with van der Waals surface area (Å²) >= 11 is 0. The molecule has 0 spiro atoms. The van der Waals surface area contributed by atoms with E-state index < -0.39 is 5.54 Å². The van der Waals surface area contributed by atoms with Crippen molar-refractivity contribution in [2.75, 3.05) is 5.32 Å². The van der Waals surface area contributed by atoms with E-state index in [0.717, 1.165) is 22.3 Å². The molecule has 1 heterocycles. The van der Waals surface area contributed by atoms with Crippen molar-refractivity contribution in [2.24, 2.45) is 5.73 Å². The molecule has 100 valence electrons. The number of para-hydroxylation sites is 1. The van der Waals surface area contributed by atoms with E-state index in [0.29, 0.717) is 0 Å². The van der Waals surface area contributed by atoms with Gasteiger partial charge in [0.1, 0.15) is 5.82 Å². The van der Waals surface area contributed by atoms with Crippen molar-refractivity contribution >= 4 is 22.6 Å². The highest BCUT2D eigenvalue weighted by atomic mass is 16.1. The summed E-state index contributed by atoms with van der Waals surface area (Å²) < 4.78 is 0. The van der Waals surface area contributed by atoms with Gasteiger partial charge in [0.2, 0.25) is 5.91 Å². The number of nitrogens with one attached hydrogen (secondary N) is 1. The maximum absolute atomic E-state index is 11.1. The van der Waals surface area contributed by atoms with Crippen LogP contribution in [0.2, 0.25) is 0 Å². The standard InChI is InChI=1S/C15H19N3O/c1-10-8-11-6-4-5-7-12(11)17-14(10)18-15(2,3)9-13(16)19/h4-8H,9H2,1-3H3,(H2,16,19)(H,17,18). The predicted octanol–water partition coefficient (Wildman–Crippen LogP) is 2.61. The third-order valence-electron chi connectivity index (χ3n) is 2.99. The first-order chi connectivity index (χ1) is 8.87. The number of nitrogens with two attached hydrogens (primary N) is 1. The fourth-order valence-corrected chi connectivity index (χ4v) is 2.15. The van der Waals surface area contributed by atoms with Gasteiger partial charge >= 0.3 is 0 Å². The Bertz CT molecular complexity index is 620. The van der Waals surface area contributed by atoms with Crippen LogP contribution >= 0.6 is 0 Å². The van der Waals surface area contributed by atoms with Gasteiger partial charge in [0, 0.05) is 17.3 Å². The molecule has 4 nitrogen and oxygen atoms in total. The van der Waals surface area contributed by atoms with Crippen LogP contribution in [0.3, 0.4) is 0 Å². The molecular formula is C15H19N3O. The van der Waals surface area contributed by atoms with E-state index in [-0.39, 0.29) is 12.3 Å². The molecule has 0 aliphatic rings. The Morgan fingerprint density at radius 2 is 2.05 bits per heavy atom. The summed E-state index contributed by atoms with van der Waals surface area (Å²) in [5, 5.41) is 4.41. The van der Waals surface area contributed by atoms with Crippen LogP contribution in [0.25, 0.3) is 10.9 Å². The number of aromatic nitrogens is 1. The van der Waals surface area contributed by atoms with Crippen LogP contribution in [-0.2, 0) is 4.79 Å². The van der Waals surface area contributed by atoms with E-state index in [9.17, 15) is 4.79 Å². The minimum atomic E-state index is -0.411. The molecule has 2 rings (SSSR count). The number of anilines is 1. The van der Waals surface area contributed by atoms with Crippen LogP contribution in [0.5, 0.6) is 0 Å². The number of hydrogen-bond acceptors (Lipinski definition) is 3. The smallest absolute Gasteiger partial charge is 0.219 e. The second kappa shape index (κ2) is 4.88. The average Bonchev–Trinajstić information content (AvgIpc) is 2.27. The van der Waals surface area contributed by atoms with Crippen molar-refractivity contribution < 1.29 is 4.79 Å². The van der Waals surface area contributed by atoms with Crippen molar-refractivity contribution in [1.82, 2.24) is 4.98 Å². The number of aryl methyl sites for hydroxylation is 1. The second-order valence-corrected chi connectivity index (χ2v) is 5.50. The Labute approximate surface area is 113 Å². The molecule has 2 aromatic rings. The SMILES string of the molecule is Cc1cc2ccccc2nc1NC(C)(C)CC(N)=O. The Morgan fingerprint density at radius 3 is 2.74 bits per heavy atom. The second-order valence-electron chi connectivity index (χ2n) is 5.50. The molecule has 0 saturated carbocycles. The van der Waals surface area contributed by atoms with Crippen LogP contribution < -0.4 is 11.1 Å². The normalized spacial score (nSPS) is 11.5. The predicted molar refractivity (Wildman–Crippen MR) is 78.0 cm³/mol. The minimum absolute atomic E-state index is 0.265. The number of nitrogens with zero attached hydrogens (tertiary/aromatic N) is 1. The number of carbonyl (C=O) groups excluding carboxylic acids is 1. The number of amides is 1. The van der Waals surface area contributed by atoms with E-state index in [1.54, 1.807) is 0 Å². The zero-order chi connectivity index (χ0) is 14.0. The highest BCUT2D eigenvalue weighted by Gasteiger charge is 2.21. The third-order valence-corrected chi connectivity index (χ3v) is 2.99. The van der Waals surface area contributed by atoms with E-state index in [1.807, 2.05) is 45.0 Å². The van der Waals surface area contributed by atoms with Gasteiger partial charge in [-0.3, -0.25) is 4.79 Å².